The van der Waals surface area contributed by atoms with Crippen LogP contribution in [0.3, 0.4) is 0 Å². The number of guanidine groups is 1. The lowest BCUT2D eigenvalue weighted by molar-refractivity contribution is 0.570. The highest BCUT2D eigenvalue weighted by Gasteiger charge is 2.17. The van der Waals surface area contributed by atoms with Crippen LogP contribution in [0.2, 0.25) is 0 Å². The zero-order valence-electron chi connectivity index (χ0n) is 15.8. The van der Waals surface area contributed by atoms with Crippen molar-refractivity contribution in [3.63, 3.8) is 0 Å². The number of thiazole rings is 2. The van der Waals surface area contributed by atoms with E-state index in [0.717, 1.165) is 41.2 Å². The Kier molecular flexibility index (Phi) is 8.76. The first-order chi connectivity index (χ1) is 11.3. The summed E-state index contributed by atoms with van der Waals surface area (Å²) in [5.74, 6) is 0.813. The molecule has 0 saturated carbocycles. The molecule has 0 radical (unpaired) electrons. The maximum absolute atomic E-state index is 4.72. The summed E-state index contributed by atoms with van der Waals surface area (Å²) in [6, 6.07) is 0. The fourth-order valence-electron chi connectivity index (χ4n) is 2.18. The number of aromatic nitrogens is 2. The van der Waals surface area contributed by atoms with E-state index in [2.05, 4.69) is 46.8 Å². The smallest absolute Gasteiger partial charge is 0.191 e. The first-order valence-electron chi connectivity index (χ1n) is 8.12. The molecule has 2 rings (SSSR count). The number of rotatable bonds is 5. The van der Waals surface area contributed by atoms with Crippen molar-refractivity contribution >= 4 is 52.6 Å². The molecule has 0 amide bonds. The normalized spacial score (nSPS) is 12.0. The van der Waals surface area contributed by atoms with Gasteiger partial charge >= 0.3 is 0 Å². The SMILES string of the molecule is CN=C(NCCc1nc(C(C)(C)C)cs1)NCc1sc(C)nc1C.I. The topological polar surface area (TPSA) is 62.2 Å². The van der Waals surface area contributed by atoms with E-state index in [0.29, 0.717) is 0 Å². The van der Waals surface area contributed by atoms with Gasteiger partial charge in [-0.2, -0.15) is 0 Å². The molecule has 0 fully saturated rings. The van der Waals surface area contributed by atoms with E-state index in [1.165, 1.54) is 10.6 Å². The second-order valence-corrected chi connectivity index (χ2v) is 8.95. The third-order valence-electron chi connectivity index (χ3n) is 3.59. The number of nitrogens with zero attached hydrogens (tertiary/aromatic N) is 3. The Morgan fingerprint density at radius 1 is 1.20 bits per heavy atom. The van der Waals surface area contributed by atoms with Gasteiger partial charge in [-0.05, 0) is 13.8 Å². The number of hydrogen-bond acceptors (Lipinski definition) is 5. The van der Waals surface area contributed by atoms with Gasteiger partial charge in [0.1, 0.15) is 0 Å². The van der Waals surface area contributed by atoms with Crippen molar-refractivity contribution in [1.29, 1.82) is 0 Å². The van der Waals surface area contributed by atoms with Crippen molar-refractivity contribution in [3.05, 3.63) is 31.7 Å². The second-order valence-electron chi connectivity index (χ2n) is 6.72. The molecule has 0 unspecified atom stereocenters. The molecule has 0 saturated heterocycles. The lowest BCUT2D eigenvalue weighted by atomic mass is 9.93. The molecule has 0 bridgehead atoms. The van der Waals surface area contributed by atoms with Crippen LogP contribution >= 0.6 is 46.7 Å². The quantitative estimate of drug-likeness (QED) is 0.375. The number of aryl methyl sites for hydroxylation is 2. The van der Waals surface area contributed by atoms with Crippen LogP contribution in [-0.4, -0.2) is 29.5 Å². The summed E-state index contributed by atoms with van der Waals surface area (Å²) < 4.78 is 0. The Bertz CT molecular complexity index is 700. The number of hydrogen-bond donors (Lipinski definition) is 2. The Hall–Kier alpha value is -0.740. The van der Waals surface area contributed by atoms with Crippen LogP contribution in [0.5, 0.6) is 0 Å². The van der Waals surface area contributed by atoms with Crippen molar-refractivity contribution < 1.29 is 0 Å². The number of halogens is 1. The molecule has 25 heavy (non-hydrogen) atoms. The highest BCUT2D eigenvalue weighted by Crippen LogP contribution is 2.23. The maximum Gasteiger partial charge on any atom is 0.191 e. The van der Waals surface area contributed by atoms with E-state index in [4.69, 9.17) is 4.98 Å². The van der Waals surface area contributed by atoms with E-state index in [1.807, 2.05) is 13.8 Å². The fraction of sp³-hybridized carbons (Fsp3) is 0.588. The standard InChI is InChI=1S/C17H27N5S2.HI/c1-11-13(24-12(2)21-11)9-20-16(18-6)19-8-7-15-22-14(10-23-15)17(3,4)5;/h10H,7-9H2,1-6H3,(H2,18,19,20);1H. The molecule has 0 aromatic carbocycles. The molecule has 8 heteroatoms. The number of nitrogens with one attached hydrogen (secondary N) is 2. The molecule has 0 spiro atoms. The maximum atomic E-state index is 4.72. The van der Waals surface area contributed by atoms with Gasteiger partial charge in [-0.25, -0.2) is 9.97 Å². The third kappa shape index (κ3) is 6.82. The van der Waals surface area contributed by atoms with Gasteiger partial charge in [0, 0.05) is 35.7 Å². The summed E-state index contributed by atoms with van der Waals surface area (Å²) in [4.78, 5) is 14.7. The van der Waals surface area contributed by atoms with E-state index >= 15 is 0 Å². The summed E-state index contributed by atoms with van der Waals surface area (Å²) in [6.45, 7) is 12.2. The molecule has 0 aliphatic heterocycles. The van der Waals surface area contributed by atoms with E-state index in [-0.39, 0.29) is 29.4 Å². The summed E-state index contributed by atoms with van der Waals surface area (Å²) in [5.41, 5.74) is 2.38. The Morgan fingerprint density at radius 3 is 2.44 bits per heavy atom. The van der Waals surface area contributed by atoms with E-state index < -0.39 is 0 Å². The first-order valence-corrected chi connectivity index (χ1v) is 9.81. The number of aliphatic imine (C=N–C) groups is 1. The van der Waals surface area contributed by atoms with Gasteiger partial charge in [-0.3, -0.25) is 4.99 Å². The van der Waals surface area contributed by atoms with E-state index in [9.17, 15) is 0 Å². The van der Waals surface area contributed by atoms with Crippen molar-refractivity contribution in [2.45, 2.75) is 53.0 Å². The zero-order valence-corrected chi connectivity index (χ0v) is 19.7. The average molecular weight is 493 g/mol. The Labute approximate surface area is 175 Å². The highest BCUT2D eigenvalue weighted by atomic mass is 127. The van der Waals surface area contributed by atoms with Gasteiger partial charge < -0.3 is 10.6 Å². The second kappa shape index (κ2) is 9.82. The molecule has 2 heterocycles. The highest BCUT2D eigenvalue weighted by molar-refractivity contribution is 14.0. The Balaban J connectivity index is 0.00000312. The molecule has 140 valence electrons. The fourth-order valence-corrected chi connectivity index (χ4v) is 4.08. The zero-order chi connectivity index (χ0) is 17.7. The summed E-state index contributed by atoms with van der Waals surface area (Å²) >= 11 is 3.46. The molecular weight excluding hydrogens is 465 g/mol. The summed E-state index contributed by atoms with van der Waals surface area (Å²) in [7, 11) is 1.79. The van der Waals surface area contributed by atoms with Gasteiger partial charge in [-0.1, -0.05) is 20.8 Å². The minimum Gasteiger partial charge on any atom is -0.356 e. The molecule has 5 nitrogen and oxygen atoms in total. The van der Waals surface area contributed by atoms with Crippen molar-refractivity contribution in [2.24, 2.45) is 4.99 Å². The lowest BCUT2D eigenvalue weighted by Crippen LogP contribution is -2.37. The van der Waals surface area contributed by atoms with Crippen LogP contribution in [-0.2, 0) is 18.4 Å². The van der Waals surface area contributed by atoms with Crippen molar-refractivity contribution in [1.82, 2.24) is 20.6 Å². The third-order valence-corrected chi connectivity index (χ3v) is 5.57. The Morgan fingerprint density at radius 2 is 1.92 bits per heavy atom. The van der Waals surface area contributed by atoms with Gasteiger partial charge in [0.15, 0.2) is 5.96 Å². The minimum absolute atomic E-state index is 0. The predicted molar refractivity (Wildman–Crippen MR) is 120 cm³/mol. The summed E-state index contributed by atoms with van der Waals surface area (Å²) in [5, 5.41) is 11.1. The molecule has 2 N–H and O–H groups in total. The van der Waals surface area contributed by atoms with Gasteiger partial charge in [0.2, 0.25) is 0 Å². The average Bonchev–Trinajstić information content (AvgIpc) is 3.09. The van der Waals surface area contributed by atoms with Crippen LogP contribution < -0.4 is 10.6 Å². The molecule has 0 aliphatic carbocycles. The molecule has 0 aliphatic rings. The largest absolute Gasteiger partial charge is 0.356 e. The van der Waals surface area contributed by atoms with Gasteiger partial charge in [0.25, 0.3) is 0 Å². The van der Waals surface area contributed by atoms with Crippen molar-refractivity contribution in [2.75, 3.05) is 13.6 Å². The van der Waals surface area contributed by atoms with Crippen molar-refractivity contribution in [3.8, 4) is 0 Å². The summed E-state index contributed by atoms with van der Waals surface area (Å²) in [6.07, 6.45) is 0.903. The monoisotopic (exact) mass is 493 g/mol. The van der Waals surface area contributed by atoms with Gasteiger partial charge in [-0.15, -0.1) is 46.7 Å². The van der Waals surface area contributed by atoms with Gasteiger partial charge in [0.05, 0.1) is 27.9 Å². The first kappa shape index (κ1) is 22.3. The van der Waals surface area contributed by atoms with Crippen LogP contribution in [0.4, 0.5) is 0 Å². The van der Waals surface area contributed by atoms with Crippen LogP contribution in [0.25, 0.3) is 0 Å². The molecule has 2 aromatic rings. The minimum atomic E-state index is 0. The van der Waals surface area contributed by atoms with E-state index in [1.54, 1.807) is 29.7 Å². The molecule has 2 aromatic heterocycles. The molecular formula is C17H28IN5S2. The van der Waals surface area contributed by atoms with Crippen LogP contribution in [0, 0.1) is 13.8 Å². The molecule has 0 atom stereocenters. The van der Waals surface area contributed by atoms with Crippen LogP contribution in [0.1, 0.15) is 47.1 Å². The van der Waals surface area contributed by atoms with Crippen LogP contribution in [0.15, 0.2) is 10.4 Å². The lowest BCUT2D eigenvalue weighted by Gasteiger charge is -2.14. The predicted octanol–water partition coefficient (Wildman–Crippen LogP) is 4.04.